The summed E-state index contributed by atoms with van der Waals surface area (Å²) in [6.45, 7) is 8.13. The molecule has 0 saturated carbocycles. The number of rotatable bonds is 6. The Morgan fingerprint density at radius 3 is 2.58 bits per heavy atom. The van der Waals surface area contributed by atoms with Crippen molar-refractivity contribution in [3.63, 3.8) is 0 Å². The second-order valence-corrected chi connectivity index (χ2v) is 9.07. The number of β-amino-alcohol motifs (C(OH)–C–C–N with tert-alkyl or cyclic N) is 1. The standard InChI is InChI=1S/C22H31N5O4/c1-14-6-8-17(9-7-14)31-13-15-11-27(25-24-15)19(22(2,3)4)21(30)26-12-16(28)10-18(26)20(29)23-5/h6-9,11,16,18-19,28H,10,12-13H2,1-5H3,(H,23,29)/t16-,18+,19-/m1/s1. The summed E-state index contributed by atoms with van der Waals surface area (Å²) in [6, 6.07) is 6.31. The van der Waals surface area contributed by atoms with E-state index >= 15 is 0 Å². The Morgan fingerprint density at radius 1 is 1.29 bits per heavy atom. The molecule has 1 aromatic heterocycles. The number of carbonyl (C=O) groups is 2. The molecule has 1 aliphatic rings. The molecule has 0 aliphatic carbocycles. The van der Waals surface area contributed by atoms with Crippen molar-refractivity contribution in [1.82, 2.24) is 25.2 Å². The van der Waals surface area contributed by atoms with Gasteiger partial charge in [-0.3, -0.25) is 9.59 Å². The zero-order valence-electron chi connectivity index (χ0n) is 18.7. The average Bonchev–Trinajstić information content (AvgIpc) is 3.32. The second kappa shape index (κ2) is 9.05. The molecule has 1 saturated heterocycles. The van der Waals surface area contributed by atoms with E-state index in [1.807, 2.05) is 52.0 Å². The van der Waals surface area contributed by atoms with E-state index in [9.17, 15) is 14.7 Å². The number of carbonyl (C=O) groups excluding carboxylic acids is 2. The number of nitrogens with zero attached hydrogens (tertiary/aromatic N) is 4. The lowest BCUT2D eigenvalue weighted by Crippen LogP contribution is -2.49. The molecule has 2 heterocycles. The normalized spacial score (nSPS) is 19.9. The van der Waals surface area contributed by atoms with E-state index in [0.717, 1.165) is 11.3 Å². The van der Waals surface area contributed by atoms with Crippen LogP contribution in [0.25, 0.3) is 0 Å². The van der Waals surface area contributed by atoms with Gasteiger partial charge in [-0.2, -0.15) is 0 Å². The third kappa shape index (κ3) is 5.22. The van der Waals surface area contributed by atoms with Crippen LogP contribution in [-0.4, -0.2) is 62.6 Å². The molecule has 9 heteroatoms. The van der Waals surface area contributed by atoms with Gasteiger partial charge in [0.15, 0.2) is 0 Å². The fourth-order valence-corrected chi connectivity index (χ4v) is 3.81. The van der Waals surface area contributed by atoms with Gasteiger partial charge in [-0.15, -0.1) is 5.10 Å². The monoisotopic (exact) mass is 429 g/mol. The molecule has 9 nitrogen and oxygen atoms in total. The molecule has 1 aromatic carbocycles. The van der Waals surface area contributed by atoms with Crippen LogP contribution < -0.4 is 10.1 Å². The van der Waals surface area contributed by atoms with Gasteiger partial charge in [0.1, 0.15) is 30.1 Å². The molecule has 168 valence electrons. The number of amides is 2. The van der Waals surface area contributed by atoms with Crippen molar-refractivity contribution in [3.8, 4) is 5.75 Å². The minimum absolute atomic E-state index is 0.113. The van der Waals surface area contributed by atoms with Crippen LogP contribution in [0.3, 0.4) is 0 Å². The Labute approximate surface area is 182 Å². The van der Waals surface area contributed by atoms with E-state index in [-0.39, 0.29) is 31.4 Å². The van der Waals surface area contributed by atoms with E-state index in [1.165, 1.54) is 16.6 Å². The lowest BCUT2D eigenvalue weighted by atomic mass is 9.85. The molecule has 2 N–H and O–H groups in total. The third-order valence-corrected chi connectivity index (χ3v) is 5.40. The van der Waals surface area contributed by atoms with Crippen LogP contribution in [0, 0.1) is 12.3 Å². The van der Waals surface area contributed by atoms with Crippen LogP contribution in [0.2, 0.25) is 0 Å². The fourth-order valence-electron chi connectivity index (χ4n) is 3.81. The lowest BCUT2D eigenvalue weighted by Gasteiger charge is -2.34. The van der Waals surface area contributed by atoms with Crippen LogP contribution in [0.1, 0.15) is 44.5 Å². The molecule has 2 amide bonds. The van der Waals surface area contributed by atoms with Gasteiger partial charge in [0.2, 0.25) is 11.8 Å². The molecule has 3 rings (SSSR count). The smallest absolute Gasteiger partial charge is 0.248 e. The van der Waals surface area contributed by atoms with Crippen molar-refractivity contribution in [1.29, 1.82) is 0 Å². The summed E-state index contributed by atoms with van der Waals surface area (Å²) in [4.78, 5) is 27.2. The number of aryl methyl sites for hydroxylation is 1. The maximum absolute atomic E-state index is 13.5. The summed E-state index contributed by atoms with van der Waals surface area (Å²) in [5.74, 6) is 0.167. The first-order valence-corrected chi connectivity index (χ1v) is 10.4. The number of hydrogen-bond donors (Lipinski definition) is 2. The molecule has 1 fully saturated rings. The number of nitrogens with one attached hydrogen (secondary N) is 1. The summed E-state index contributed by atoms with van der Waals surface area (Å²) in [7, 11) is 1.52. The third-order valence-electron chi connectivity index (χ3n) is 5.40. The van der Waals surface area contributed by atoms with Crippen molar-refractivity contribution in [3.05, 3.63) is 41.7 Å². The summed E-state index contributed by atoms with van der Waals surface area (Å²) < 4.78 is 7.30. The second-order valence-electron chi connectivity index (χ2n) is 9.07. The van der Waals surface area contributed by atoms with E-state index in [4.69, 9.17) is 4.74 Å². The Bertz CT molecular complexity index is 919. The number of hydrogen-bond acceptors (Lipinski definition) is 6. The van der Waals surface area contributed by atoms with Crippen molar-refractivity contribution in [2.45, 2.75) is 58.9 Å². The predicted octanol–water partition coefficient (Wildman–Crippen LogP) is 1.46. The average molecular weight is 430 g/mol. The van der Waals surface area contributed by atoms with Crippen molar-refractivity contribution in [2.24, 2.45) is 5.41 Å². The summed E-state index contributed by atoms with van der Waals surface area (Å²) in [5.41, 5.74) is 1.24. The van der Waals surface area contributed by atoms with Crippen LogP contribution >= 0.6 is 0 Å². The zero-order chi connectivity index (χ0) is 22.8. The number of likely N-dealkylation sites (tertiary alicyclic amines) is 1. The fraction of sp³-hybridized carbons (Fsp3) is 0.545. The minimum atomic E-state index is -0.735. The van der Waals surface area contributed by atoms with E-state index in [2.05, 4.69) is 15.6 Å². The highest BCUT2D eigenvalue weighted by Crippen LogP contribution is 2.34. The zero-order valence-corrected chi connectivity index (χ0v) is 18.7. The van der Waals surface area contributed by atoms with Crippen LogP contribution in [0.4, 0.5) is 0 Å². The predicted molar refractivity (Wildman–Crippen MR) is 114 cm³/mol. The first kappa shape index (κ1) is 22.7. The molecular weight excluding hydrogens is 398 g/mol. The number of aliphatic hydroxyl groups excluding tert-OH is 1. The number of benzene rings is 1. The highest BCUT2D eigenvalue weighted by molar-refractivity contribution is 5.90. The molecule has 0 radical (unpaired) electrons. The van der Waals surface area contributed by atoms with Gasteiger partial charge >= 0.3 is 0 Å². The number of aliphatic hydroxyl groups is 1. The molecule has 0 spiro atoms. The van der Waals surface area contributed by atoms with Gasteiger partial charge < -0.3 is 20.1 Å². The van der Waals surface area contributed by atoms with Gasteiger partial charge in [0, 0.05) is 20.0 Å². The Hall–Kier alpha value is -2.94. The first-order valence-electron chi connectivity index (χ1n) is 10.4. The summed E-state index contributed by atoms with van der Waals surface area (Å²) in [5, 5.41) is 21.0. The van der Waals surface area contributed by atoms with Crippen LogP contribution in [-0.2, 0) is 16.2 Å². The SMILES string of the molecule is CNC(=O)[C@@H]1C[C@@H](O)CN1C(=O)[C@@H](n1cc(COc2ccc(C)cc2)nn1)C(C)(C)C. The van der Waals surface area contributed by atoms with Crippen molar-refractivity contribution in [2.75, 3.05) is 13.6 Å². The molecule has 0 unspecified atom stereocenters. The van der Waals surface area contributed by atoms with Crippen LogP contribution in [0.5, 0.6) is 5.75 Å². The summed E-state index contributed by atoms with van der Waals surface area (Å²) >= 11 is 0. The molecule has 0 bridgehead atoms. The molecule has 2 aromatic rings. The summed E-state index contributed by atoms with van der Waals surface area (Å²) in [6.07, 6.45) is 1.18. The lowest BCUT2D eigenvalue weighted by molar-refractivity contribution is -0.144. The molecule has 31 heavy (non-hydrogen) atoms. The van der Waals surface area contributed by atoms with E-state index in [0.29, 0.717) is 5.69 Å². The molecule has 3 atom stereocenters. The van der Waals surface area contributed by atoms with Gasteiger partial charge in [-0.05, 0) is 24.5 Å². The Kier molecular flexibility index (Phi) is 6.64. The number of ether oxygens (including phenoxy) is 1. The quantitative estimate of drug-likeness (QED) is 0.720. The number of likely N-dealkylation sites (N-methyl/N-ethyl adjacent to an activating group) is 1. The maximum atomic E-state index is 13.5. The maximum Gasteiger partial charge on any atom is 0.248 e. The van der Waals surface area contributed by atoms with Gasteiger partial charge in [-0.1, -0.05) is 43.7 Å². The topological polar surface area (TPSA) is 110 Å². The number of aromatic nitrogens is 3. The Balaban J connectivity index is 1.79. The van der Waals surface area contributed by atoms with Gasteiger partial charge in [0.05, 0.1) is 12.3 Å². The van der Waals surface area contributed by atoms with E-state index in [1.54, 1.807) is 6.20 Å². The Morgan fingerprint density at radius 2 is 1.97 bits per heavy atom. The van der Waals surface area contributed by atoms with E-state index < -0.39 is 23.6 Å². The largest absolute Gasteiger partial charge is 0.487 e. The minimum Gasteiger partial charge on any atom is -0.487 e. The van der Waals surface area contributed by atoms with Gasteiger partial charge in [-0.25, -0.2) is 4.68 Å². The highest BCUT2D eigenvalue weighted by atomic mass is 16.5. The van der Waals surface area contributed by atoms with Crippen molar-refractivity contribution < 1.29 is 19.4 Å². The van der Waals surface area contributed by atoms with Gasteiger partial charge in [0.25, 0.3) is 0 Å². The highest BCUT2D eigenvalue weighted by Gasteiger charge is 2.44. The first-order chi connectivity index (χ1) is 14.6. The van der Waals surface area contributed by atoms with Crippen LogP contribution in [0.15, 0.2) is 30.5 Å². The van der Waals surface area contributed by atoms with Crippen molar-refractivity contribution >= 4 is 11.8 Å². The molecular formula is C22H31N5O4. The molecule has 1 aliphatic heterocycles.